The summed E-state index contributed by atoms with van der Waals surface area (Å²) in [5.74, 6) is -0.386. The van der Waals surface area contributed by atoms with Gasteiger partial charge in [0, 0.05) is 5.56 Å². The molecule has 0 amide bonds. The second-order valence-corrected chi connectivity index (χ2v) is 3.66. The Balaban J connectivity index is 2.18. The first-order valence-electron chi connectivity index (χ1n) is 5.75. The van der Waals surface area contributed by atoms with Crippen LogP contribution < -0.4 is 0 Å². The van der Waals surface area contributed by atoms with Crippen LogP contribution in [0, 0.1) is 0 Å². The molecule has 2 rings (SSSR count). The minimum absolute atomic E-state index is 0.347. The van der Waals surface area contributed by atoms with E-state index >= 15 is 0 Å². The van der Waals surface area contributed by atoms with Gasteiger partial charge in [0.1, 0.15) is 0 Å². The zero-order valence-corrected chi connectivity index (χ0v) is 10.1. The third-order valence-corrected chi connectivity index (χ3v) is 2.40. The molecule has 0 bridgehead atoms. The van der Waals surface area contributed by atoms with Crippen molar-refractivity contribution in [1.29, 1.82) is 0 Å². The van der Waals surface area contributed by atoms with Gasteiger partial charge in [-0.1, -0.05) is 42.5 Å². The highest BCUT2D eigenvalue weighted by atomic mass is 16.5. The molecular weight excluding hydrogens is 228 g/mol. The Bertz CT molecular complexity index is 544. The van der Waals surface area contributed by atoms with E-state index in [2.05, 4.69) is 10.2 Å². The lowest BCUT2D eigenvalue weighted by atomic mass is 10.1. The fourth-order valence-electron chi connectivity index (χ4n) is 1.54. The molecule has 0 spiro atoms. The molecule has 4 nitrogen and oxygen atoms in total. The van der Waals surface area contributed by atoms with E-state index in [0.717, 1.165) is 11.1 Å². The Morgan fingerprint density at radius 3 is 2.83 bits per heavy atom. The maximum Gasteiger partial charge on any atom is 0.356 e. The molecule has 1 heterocycles. The Labute approximate surface area is 105 Å². The van der Waals surface area contributed by atoms with Crippen LogP contribution in [0.25, 0.3) is 12.2 Å². The number of H-pyrrole nitrogens is 1. The standard InChI is InChI=1S/C14H14N2O2/c1-2-18-14(17)13-12(10-15-16-13)9-8-11-6-4-3-5-7-11/h3-10H,2H2,1H3,(H,15,16)/b9-8+. The highest BCUT2D eigenvalue weighted by molar-refractivity contribution is 5.92. The number of nitrogens with zero attached hydrogens (tertiary/aromatic N) is 1. The van der Waals surface area contributed by atoms with Gasteiger partial charge in [-0.2, -0.15) is 5.10 Å². The van der Waals surface area contributed by atoms with Gasteiger partial charge in [0.25, 0.3) is 0 Å². The highest BCUT2D eigenvalue weighted by Crippen LogP contribution is 2.11. The van der Waals surface area contributed by atoms with Crippen molar-refractivity contribution in [1.82, 2.24) is 10.2 Å². The summed E-state index contributed by atoms with van der Waals surface area (Å²) >= 11 is 0. The fraction of sp³-hybridized carbons (Fsp3) is 0.143. The first-order valence-corrected chi connectivity index (χ1v) is 5.75. The quantitative estimate of drug-likeness (QED) is 0.839. The highest BCUT2D eigenvalue weighted by Gasteiger charge is 2.12. The molecule has 1 aromatic heterocycles. The summed E-state index contributed by atoms with van der Waals surface area (Å²) in [6, 6.07) is 9.85. The van der Waals surface area contributed by atoms with Gasteiger partial charge in [0.2, 0.25) is 0 Å². The Morgan fingerprint density at radius 2 is 2.11 bits per heavy atom. The van der Waals surface area contributed by atoms with Crippen LogP contribution in [0.3, 0.4) is 0 Å². The van der Waals surface area contributed by atoms with Gasteiger partial charge < -0.3 is 4.74 Å². The number of rotatable bonds is 4. The Hall–Kier alpha value is -2.36. The Kier molecular flexibility index (Phi) is 3.91. The minimum Gasteiger partial charge on any atom is -0.461 e. The van der Waals surface area contributed by atoms with E-state index in [1.54, 1.807) is 13.1 Å². The lowest BCUT2D eigenvalue weighted by Crippen LogP contribution is -2.06. The first-order chi connectivity index (χ1) is 8.81. The van der Waals surface area contributed by atoms with Crippen LogP contribution in [0.15, 0.2) is 36.5 Å². The van der Waals surface area contributed by atoms with Crippen LogP contribution in [0.1, 0.15) is 28.5 Å². The zero-order valence-electron chi connectivity index (χ0n) is 10.1. The third kappa shape index (κ3) is 2.85. The number of hydrogen-bond donors (Lipinski definition) is 1. The van der Waals surface area contributed by atoms with E-state index in [4.69, 9.17) is 4.74 Å². The summed E-state index contributed by atoms with van der Waals surface area (Å²) in [6.07, 6.45) is 5.37. The van der Waals surface area contributed by atoms with Crippen molar-refractivity contribution in [3.05, 3.63) is 53.3 Å². The van der Waals surface area contributed by atoms with Crippen LogP contribution >= 0.6 is 0 Å². The molecule has 0 saturated carbocycles. The van der Waals surface area contributed by atoms with Crippen molar-refractivity contribution in [2.24, 2.45) is 0 Å². The van der Waals surface area contributed by atoms with E-state index in [1.165, 1.54) is 0 Å². The van der Waals surface area contributed by atoms with Crippen LogP contribution in [0.2, 0.25) is 0 Å². The maximum atomic E-state index is 11.6. The number of aromatic nitrogens is 2. The van der Waals surface area contributed by atoms with Gasteiger partial charge in [0.15, 0.2) is 5.69 Å². The Morgan fingerprint density at radius 1 is 1.33 bits per heavy atom. The summed E-state index contributed by atoms with van der Waals surface area (Å²) in [5, 5.41) is 6.51. The molecule has 92 valence electrons. The average Bonchev–Trinajstić information content (AvgIpc) is 2.86. The molecule has 0 aliphatic heterocycles. The largest absolute Gasteiger partial charge is 0.461 e. The molecule has 2 aromatic rings. The van der Waals surface area contributed by atoms with Gasteiger partial charge in [0.05, 0.1) is 12.8 Å². The normalized spacial score (nSPS) is 10.7. The minimum atomic E-state index is -0.386. The van der Waals surface area contributed by atoms with Crippen molar-refractivity contribution in [3.8, 4) is 0 Å². The molecule has 1 N–H and O–H groups in total. The van der Waals surface area contributed by atoms with Gasteiger partial charge in [-0.3, -0.25) is 5.10 Å². The van der Waals surface area contributed by atoms with E-state index in [0.29, 0.717) is 12.3 Å². The van der Waals surface area contributed by atoms with Crippen LogP contribution in [0.4, 0.5) is 0 Å². The number of aromatic amines is 1. The number of esters is 1. The summed E-state index contributed by atoms with van der Waals surface area (Å²) in [5.41, 5.74) is 2.16. The SMILES string of the molecule is CCOC(=O)c1[nH]ncc1/C=C/c1ccccc1. The predicted molar refractivity (Wildman–Crippen MR) is 69.9 cm³/mol. The number of ether oxygens (including phenoxy) is 1. The number of carbonyl (C=O) groups is 1. The molecule has 0 radical (unpaired) electrons. The molecule has 0 fully saturated rings. The summed E-state index contributed by atoms with van der Waals surface area (Å²) in [6.45, 7) is 2.12. The van der Waals surface area contributed by atoms with E-state index in [9.17, 15) is 4.79 Å². The fourth-order valence-corrected chi connectivity index (χ4v) is 1.54. The predicted octanol–water partition coefficient (Wildman–Crippen LogP) is 2.76. The maximum absolute atomic E-state index is 11.6. The second kappa shape index (κ2) is 5.82. The van der Waals surface area contributed by atoms with Crippen molar-refractivity contribution < 1.29 is 9.53 Å². The summed E-state index contributed by atoms with van der Waals surface area (Å²) in [7, 11) is 0. The first kappa shape index (κ1) is 12.1. The molecule has 0 aliphatic carbocycles. The van der Waals surface area contributed by atoms with Crippen molar-refractivity contribution in [2.75, 3.05) is 6.61 Å². The van der Waals surface area contributed by atoms with Crippen molar-refractivity contribution in [3.63, 3.8) is 0 Å². The topological polar surface area (TPSA) is 55.0 Å². The molecule has 1 aromatic carbocycles. The number of hydrogen-bond acceptors (Lipinski definition) is 3. The van der Waals surface area contributed by atoms with E-state index < -0.39 is 0 Å². The van der Waals surface area contributed by atoms with Crippen molar-refractivity contribution in [2.45, 2.75) is 6.92 Å². The second-order valence-electron chi connectivity index (χ2n) is 3.66. The lowest BCUT2D eigenvalue weighted by Gasteiger charge is -1.99. The molecule has 4 heteroatoms. The van der Waals surface area contributed by atoms with Gasteiger partial charge in [-0.25, -0.2) is 4.79 Å². The molecule has 0 aliphatic rings. The third-order valence-electron chi connectivity index (χ3n) is 2.40. The lowest BCUT2D eigenvalue weighted by molar-refractivity contribution is 0.0519. The van der Waals surface area contributed by atoms with Crippen LogP contribution in [0.5, 0.6) is 0 Å². The zero-order chi connectivity index (χ0) is 12.8. The van der Waals surface area contributed by atoms with Crippen molar-refractivity contribution >= 4 is 18.1 Å². The average molecular weight is 242 g/mol. The molecular formula is C14H14N2O2. The van der Waals surface area contributed by atoms with E-state index in [-0.39, 0.29) is 5.97 Å². The van der Waals surface area contributed by atoms with Crippen LogP contribution in [-0.2, 0) is 4.74 Å². The molecule has 0 unspecified atom stereocenters. The number of nitrogens with one attached hydrogen (secondary N) is 1. The van der Waals surface area contributed by atoms with Gasteiger partial charge in [-0.05, 0) is 12.5 Å². The smallest absolute Gasteiger partial charge is 0.356 e. The van der Waals surface area contributed by atoms with Crippen LogP contribution in [-0.4, -0.2) is 22.8 Å². The van der Waals surface area contributed by atoms with Gasteiger partial charge in [-0.15, -0.1) is 0 Å². The number of benzene rings is 1. The molecule has 0 saturated heterocycles. The monoisotopic (exact) mass is 242 g/mol. The van der Waals surface area contributed by atoms with E-state index in [1.807, 2.05) is 42.5 Å². The molecule has 18 heavy (non-hydrogen) atoms. The molecule has 0 atom stereocenters. The summed E-state index contributed by atoms with van der Waals surface area (Å²) in [4.78, 5) is 11.6. The summed E-state index contributed by atoms with van der Waals surface area (Å²) < 4.78 is 4.93. The number of carbonyl (C=O) groups excluding carboxylic acids is 1. The van der Waals surface area contributed by atoms with Gasteiger partial charge >= 0.3 is 5.97 Å².